The van der Waals surface area contributed by atoms with E-state index in [9.17, 15) is 39.6 Å². The minimum absolute atomic E-state index is 0.00669. The molecule has 1 saturated heterocycles. The molecule has 1 aliphatic carbocycles. The summed E-state index contributed by atoms with van der Waals surface area (Å²) in [5.41, 5.74) is -1.82. The van der Waals surface area contributed by atoms with Crippen LogP contribution in [0.3, 0.4) is 0 Å². The lowest BCUT2D eigenvalue weighted by atomic mass is 9.97. The Hall–Kier alpha value is -3.39. The van der Waals surface area contributed by atoms with Crippen LogP contribution in [0.1, 0.15) is 30.7 Å². The standard InChI is InChI=1S/C25H20F6N4O3S/c26-16-2-5-18(6-3-16)39(37,38)35-13-23(12-24(23,27)28)10-20(35)21(36)7-4-17-9-19(34-14-33-17)15-1-8-22(32-11-15)25(29,30)31/h1-3,5-6,8-9,11,14,20H,4,7,10,12-13H2/t20-,23-/m0/s1. The summed E-state index contributed by atoms with van der Waals surface area (Å²) in [4.78, 5) is 24.4. The number of aromatic nitrogens is 3. The highest BCUT2D eigenvalue weighted by Gasteiger charge is 2.75. The van der Waals surface area contributed by atoms with Gasteiger partial charge in [0.1, 0.15) is 17.8 Å². The maximum Gasteiger partial charge on any atom is 0.433 e. The molecule has 0 N–H and O–H groups in total. The Bertz CT molecular complexity index is 1510. The van der Waals surface area contributed by atoms with Gasteiger partial charge in [-0.3, -0.25) is 9.78 Å². The van der Waals surface area contributed by atoms with Crippen LogP contribution >= 0.6 is 0 Å². The molecule has 2 atom stereocenters. The number of Topliss-reactive ketones (excluding diaryl/α,β-unsaturated/α-hetero) is 1. The number of alkyl halides is 5. The molecule has 0 amide bonds. The average Bonchev–Trinajstić information content (AvgIpc) is 3.20. The summed E-state index contributed by atoms with van der Waals surface area (Å²) in [7, 11) is -4.37. The molecule has 7 nitrogen and oxygen atoms in total. The summed E-state index contributed by atoms with van der Waals surface area (Å²) in [6, 6.07) is 6.01. The maximum atomic E-state index is 14.2. The van der Waals surface area contributed by atoms with E-state index in [4.69, 9.17) is 0 Å². The van der Waals surface area contributed by atoms with Crippen LogP contribution in [0.25, 0.3) is 11.3 Å². The van der Waals surface area contributed by atoms with Crippen molar-refractivity contribution >= 4 is 15.8 Å². The van der Waals surface area contributed by atoms with Crippen LogP contribution < -0.4 is 0 Å². The molecule has 2 fully saturated rings. The Morgan fingerprint density at radius 2 is 1.74 bits per heavy atom. The number of carbonyl (C=O) groups excluding carboxylic acids is 1. The second-order valence-electron chi connectivity index (χ2n) is 9.68. The van der Waals surface area contributed by atoms with Crippen molar-refractivity contribution < 1.29 is 39.6 Å². The van der Waals surface area contributed by atoms with Gasteiger partial charge in [0.05, 0.1) is 22.0 Å². The summed E-state index contributed by atoms with van der Waals surface area (Å²) in [6.45, 7) is -0.533. The van der Waals surface area contributed by atoms with Gasteiger partial charge in [0.25, 0.3) is 5.92 Å². The number of carbonyl (C=O) groups is 1. The Kier molecular flexibility index (Phi) is 6.53. The average molecular weight is 571 g/mol. The summed E-state index contributed by atoms with van der Waals surface area (Å²) in [6.07, 6.45) is -3.53. The molecule has 3 heterocycles. The molecule has 206 valence electrons. The molecule has 0 unspecified atom stereocenters. The zero-order chi connectivity index (χ0) is 28.2. The number of nitrogens with zero attached hydrogens (tertiary/aromatic N) is 4. The van der Waals surface area contributed by atoms with Crippen LogP contribution in [-0.2, 0) is 27.4 Å². The van der Waals surface area contributed by atoms with Gasteiger partial charge in [-0.05, 0) is 55.3 Å². The molecule has 14 heteroatoms. The number of sulfonamides is 1. The first-order valence-corrected chi connectivity index (χ1v) is 13.2. The molecule has 5 rings (SSSR count). The van der Waals surface area contributed by atoms with E-state index in [0.29, 0.717) is 5.69 Å². The summed E-state index contributed by atoms with van der Waals surface area (Å²) in [5, 5.41) is 0. The maximum absolute atomic E-state index is 14.2. The lowest BCUT2D eigenvalue weighted by Crippen LogP contribution is -2.40. The van der Waals surface area contributed by atoms with Gasteiger partial charge in [0.2, 0.25) is 10.0 Å². The highest BCUT2D eigenvalue weighted by molar-refractivity contribution is 7.89. The minimum Gasteiger partial charge on any atom is -0.298 e. The van der Waals surface area contributed by atoms with E-state index in [1.807, 2.05) is 0 Å². The van der Waals surface area contributed by atoms with Crippen LogP contribution in [0.2, 0.25) is 0 Å². The van der Waals surface area contributed by atoms with Gasteiger partial charge in [-0.25, -0.2) is 31.6 Å². The molecule has 2 aliphatic rings. The van der Waals surface area contributed by atoms with E-state index in [1.54, 1.807) is 0 Å². The van der Waals surface area contributed by atoms with Gasteiger partial charge in [-0.2, -0.15) is 17.5 Å². The zero-order valence-corrected chi connectivity index (χ0v) is 20.8. The van der Waals surface area contributed by atoms with E-state index in [1.165, 1.54) is 12.1 Å². The number of halogens is 6. The molecule has 1 spiro atoms. The molecule has 1 aromatic carbocycles. The Labute approximate surface area is 219 Å². The molecule has 0 bridgehead atoms. The number of hydrogen-bond acceptors (Lipinski definition) is 6. The van der Waals surface area contributed by atoms with Gasteiger partial charge >= 0.3 is 6.18 Å². The Morgan fingerprint density at radius 3 is 2.33 bits per heavy atom. The van der Waals surface area contributed by atoms with Crippen molar-refractivity contribution in [2.24, 2.45) is 5.41 Å². The van der Waals surface area contributed by atoms with Crippen molar-refractivity contribution in [1.82, 2.24) is 19.3 Å². The van der Waals surface area contributed by atoms with Crippen molar-refractivity contribution in [3.05, 3.63) is 72.2 Å². The Balaban J connectivity index is 1.33. The number of benzene rings is 1. The largest absolute Gasteiger partial charge is 0.433 e. The molecule has 0 radical (unpaired) electrons. The third-order valence-electron chi connectivity index (χ3n) is 7.09. The first-order chi connectivity index (χ1) is 18.2. The van der Waals surface area contributed by atoms with Crippen LogP contribution in [-0.4, -0.2) is 52.0 Å². The zero-order valence-electron chi connectivity index (χ0n) is 20.0. The summed E-state index contributed by atoms with van der Waals surface area (Å²) in [5.74, 6) is -4.36. The quantitative estimate of drug-likeness (QED) is 0.383. The fourth-order valence-corrected chi connectivity index (χ4v) is 6.51. The predicted octanol–water partition coefficient (Wildman–Crippen LogP) is 4.69. The van der Waals surface area contributed by atoms with E-state index < -0.39 is 63.8 Å². The van der Waals surface area contributed by atoms with Crippen LogP contribution in [0.15, 0.2) is 59.9 Å². The molecule has 2 aromatic heterocycles. The van der Waals surface area contributed by atoms with E-state index in [0.717, 1.165) is 47.2 Å². The third kappa shape index (κ3) is 5.14. The fourth-order valence-electron chi connectivity index (χ4n) is 4.81. The highest BCUT2D eigenvalue weighted by Crippen LogP contribution is 2.66. The molecule has 3 aromatic rings. The van der Waals surface area contributed by atoms with Gasteiger partial charge in [-0.15, -0.1) is 0 Å². The van der Waals surface area contributed by atoms with Crippen molar-refractivity contribution in [1.29, 1.82) is 0 Å². The van der Waals surface area contributed by atoms with Crippen molar-refractivity contribution in [3.8, 4) is 11.3 Å². The lowest BCUT2D eigenvalue weighted by Gasteiger charge is -2.23. The van der Waals surface area contributed by atoms with Crippen LogP contribution in [0, 0.1) is 11.2 Å². The molecular formula is C25H20F6N4O3S. The summed E-state index contributed by atoms with van der Waals surface area (Å²) < 4.78 is 107. The molecule has 1 saturated carbocycles. The summed E-state index contributed by atoms with van der Waals surface area (Å²) >= 11 is 0. The highest BCUT2D eigenvalue weighted by atomic mass is 32.2. The number of pyridine rings is 1. The van der Waals surface area contributed by atoms with Gasteiger partial charge in [0.15, 0.2) is 5.78 Å². The fraction of sp³-hybridized carbons (Fsp3) is 0.360. The predicted molar refractivity (Wildman–Crippen MR) is 124 cm³/mol. The number of ketones is 1. The van der Waals surface area contributed by atoms with Crippen molar-refractivity contribution in [2.75, 3.05) is 6.54 Å². The van der Waals surface area contributed by atoms with Gasteiger partial charge in [0, 0.05) is 36.8 Å². The smallest absolute Gasteiger partial charge is 0.298 e. The number of hydrogen-bond donors (Lipinski definition) is 0. The Morgan fingerprint density at radius 1 is 1.05 bits per heavy atom. The van der Waals surface area contributed by atoms with Crippen molar-refractivity contribution in [2.45, 2.75) is 48.7 Å². The normalized spacial score (nSPS) is 22.8. The van der Waals surface area contributed by atoms with Crippen LogP contribution in [0.5, 0.6) is 0 Å². The minimum atomic E-state index is -4.60. The van der Waals surface area contributed by atoms with Crippen LogP contribution in [0.4, 0.5) is 26.3 Å². The molecular weight excluding hydrogens is 550 g/mol. The molecule has 39 heavy (non-hydrogen) atoms. The first kappa shape index (κ1) is 27.2. The van der Waals surface area contributed by atoms with E-state index in [2.05, 4.69) is 15.0 Å². The SMILES string of the molecule is O=C(CCc1cc(-c2ccc(C(F)(F)F)nc2)ncn1)[C@@H]1C[C@@]2(CN1S(=O)(=O)c1ccc(F)cc1)CC2(F)F. The second kappa shape index (κ2) is 9.37. The van der Waals surface area contributed by atoms with Crippen molar-refractivity contribution in [3.63, 3.8) is 0 Å². The first-order valence-electron chi connectivity index (χ1n) is 11.7. The molecule has 1 aliphatic heterocycles. The second-order valence-corrected chi connectivity index (χ2v) is 11.6. The third-order valence-corrected chi connectivity index (χ3v) is 8.96. The number of rotatable bonds is 7. The monoisotopic (exact) mass is 570 g/mol. The van der Waals surface area contributed by atoms with E-state index >= 15 is 0 Å². The van der Waals surface area contributed by atoms with E-state index in [-0.39, 0.29) is 35.4 Å². The topological polar surface area (TPSA) is 93.1 Å². The van der Waals surface area contributed by atoms with Gasteiger partial charge in [-0.1, -0.05) is 0 Å². The number of aryl methyl sites for hydroxylation is 1. The lowest BCUT2D eigenvalue weighted by molar-refractivity contribution is -0.141. The van der Waals surface area contributed by atoms with Gasteiger partial charge < -0.3 is 0 Å².